The fourth-order valence-corrected chi connectivity index (χ4v) is 9.77. The summed E-state index contributed by atoms with van der Waals surface area (Å²) in [7, 11) is 0. The van der Waals surface area contributed by atoms with Gasteiger partial charge in [-0.1, -0.05) is 115 Å². The third-order valence-corrected chi connectivity index (χ3v) is 14.5. The average Bonchev–Trinajstić information content (AvgIpc) is 4.25. The molecule has 4 aromatic heterocycles. The smallest absolute Gasteiger partial charge is 0.143 e. The maximum absolute atomic E-state index is 8.71. The minimum atomic E-state index is 0.0549. The molecule has 4 aromatic carbocycles. The highest BCUT2D eigenvalue weighted by Crippen LogP contribution is 2.30. The largest absolute Gasteiger partial charge is 0.394 e. The SMILES string of the molecule is CCCOCCOCCO.Clc1ccccc1CNc1ncnc2[nH]c(-c3ccc(CN4CCNCC4)cc3)cc12.OCCOCCOCCN1CCN(Cc2ccc(-c3cc4c(NCc5ccccc5Cl)ncnc4[nH]3)cc2)CC1. The lowest BCUT2D eigenvalue weighted by Gasteiger charge is -2.34. The van der Waals surface area contributed by atoms with Crippen molar-refractivity contribution in [1.82, 2.24) is 49.9 Å². The second-order valence-corrected chi connectivity index (χ2v) is 20.5. The second-order valence-electron chi connectivity index (χ2n) is 19.7. The van der Waals surface area contributed by atoms with Crippen LogP contribution in [0, 0.1) is 0 Å². The van der Waals surface area contributed by atoms with Gasteiger partial charge in [-0.25, -0.2) is 19.9 Å². The maximum atomic E-state index is 8.71. The Kier molecular flexibility index (Phi) is 25.4. The molecular weight excluding hydrogens is 1070 g/mol. The first-order valence-electron chi connectivity index (χ1n) is 28.1. The van der Waals surface area contributed by atoms with Gasteiger partial charge in [-0.3, -0.25) is 14.7 Å². The molecule has 2 fully saturated rings. The molecule has 6 heterocycles. The molecular formula is C61H78Cl2N12O6. The van der Waals surface area contributed by atoms with Gasteiger partial charge in [0.15, 0.2) is 0 Å². The van der Waals surface area contributed by atoms with Crippen LogP contribution in [0.2, 0.25) is 10.0 Å². The van der Waals surface area contributed by atoms with E-state index >= 15 is 0 Å². The molecule has 432 valence electrons. The highest BCUT2D eigenvalue weighted by molar-refractivity contribution is 6.31. The molecule has 81 heavy (non-hydrogen) atoms. The molecule has 10 rings (SSSR count). The number of rotatable bonds is 27. The van der Waals surface area contributed by atoms with E-state index in [0.717, 1.165) is 162 Å². The van der Waals surface area contributed by atoms with Crippen molar-refractivity contribution >= 4 is 56.9 Å². The first-order chi connectivity index (χ1) is 39.9. The number of benzene rings is 4. The lowest BCUT2D eigenvalue weighted by atomic mass is 10.1. The number of aliphatic hydroxyl groups is 2. The van der Waals surface area contributed by atoms with Crippen LogP contribution in [-0.4, -0.2) is 180 Å². The zero-order valence-corrected chi connectivity index (χ0v) is 47.9. The van der Waals surface area contributed by atoms with Crippen LogP contribution < -0.4 is 16.0 Å². The van der Waals surface area contributed by atoms with Crippen molar-refractivity contribution < 1.29 is 29.2 Å². The predicted molar refractivity (Wildman–Crippen MR) is 324 cm³/mol. The number of H-pyrrole nitrogens is 2. The van der Waals surface area contributed by atoms with Gasteiger partial charge in [0.05, 0.1) is 70.2 Å². The first kappa shape index (κ1) is 61.0. The summed E-state index contributed by atoms with van der Waals surface area (Å²) < 4.78 is 20.9. The molecule has 2 aliphatic rings. The number of hydrogen-bond acceptors (Lipinski definition) is 16. The van der Waals surface area contributed by atoms with Crippen molar-refractivity contribution in [3.63, 3.8) is 0 Å². The number of fused-ring (bicyclic) bond motifs is 2. The van der Waals surface area contributed by atoms with E-state index in [9.17, 15) is 0 Å². The van der Waals surface area contributed by atoms with Gasteiger partial charge in [0.2, 0.25) is 0 Å². The lowest BCUT2D eigenvalue weighted by Crippen LogP contribution is -2.46. The molecule has 20 heteroatoms. The minimum absolute atomic E-state index is 0.0549. The van der Waals surface area contributed by atoms with E-state index in [0.29, 0.717) is 59.3 Å². The quantitative estimate of drug-likeness (QED) is 0.0240. The number of nitrogens with zero attached hydrogens (tertiary/aromatic N) is 7. The van der Waals surface area contributed by atoms with Crippen LogP contribution in [0.4, 0.5) is 11.6 Å². The number of ether oxygens (including phenoxy) is 4. The summed E-state index contributed by atoms with van der Waals surface area (Å²) in [6, 6.07) is 37.4. The Morgan fingerprint density at radius 1 is 0.506 bits per heavy atom. The van der Waals surface area contributed by atoms with Gasteiger partial charge in [0.25, 0.3) is 0 Å². The summed E-state index contributed by atoms with van der Waals surface area (Å²) in [4.78, 5) is 32.1. The average molecular weight is 1150 g/mol. The Morgan fingerprint density at radius 2 is 0.938 bits per heavy atom. The van der Waals surface area contributed by atoms with E-state index < -0.39 is 0 Å². The van der Waals surface area contributed by atoms with Crippen molar-refractivity contribution in [2.45, 2.75) is 39.5 Å². The molecule has 0 unspecified atom stereocenters. The Hall–Kier alpha value is -6.10. The molecule has 18 nitrogen and oxygen atoms in total. The number of halogens is 2. The molecule has 0 atom stereocenters. The van der Waals surface area contributed by atoms with E-state index in [1.165, 1.54) is 11.1 Å². The topological polar surface area (TPSA) is 206 Å². The van der Waals surface area contributed by atoms with E-state index in [-0.39, 0.29) is 13.2 Å². The normalized spacial score (nSPS) is 14.1. The van der Waals surface area contributed by atoms with Crippen molar-refractivity contribution in [1.29, 1.82) is 0 Å². The van der Waals surface area contributed by atoms with E-state index in [4.69, 9.17) is 52.4 Å². The molecule has 0 aliphatic carbocycles. The molecule has 2 aliphatic heterocycles. The van der Waals surface area contributed by atoms with Crippen LogP contribution in [0.3, 0.4) is 0 Å². The maximum Gasteiger partial charge on any atom is 0.143 e. The Bertz CT molecular complexity index is 3050. The van der Waals surface area contributed by atoms with Crippen molar-refractivity contribution in [2.24, 2.45) is 0 Å². The number of anilines is 2. The summed E-state index contributed by atoms with van der Waals surface area (Å²) in [5.74, 6) is 1.57. The Labute approximate surface area is 485 Å². The number of aliphatic hydroxyl groups excluding tert-OH is 2. The van der Waals surface area contributed by atoms with Crippen LogP contribution in [0.5, 0.6) is 0 Å². The third kappa shape index (κ3) is 19.5. The van der Waals surface area contributed by atoms with Gasteiger partial charge < -0.3 is 55.1 Å². The summed E-state index contributed by atoms with van der Waals surface area (Å²) >= 11 is 12.6. The van der Waals surface area contributed by atoms with Crippen LogP contribution in [0.15, 0.2) is 122 Å². The predicted octanol–water partition coefficient (Wildman–Crippen LogP) is 8.75. The second kappa shape index (κ2) is 33.7. The van der Waals surface area contributed by atoms with Gasteiger partial charge in [-0.15, -0.1) is 0 Å². The number of piperazine rings is 2. The van der Waals surface area contributed by atoms with Gasteiger partial charge in [0, 0.05) is 113 Å². The number of nitrogens with one attached hydrogen (secondary N) is 5. The van der Waals surface area contributed by atoms with E-state index in [1.807, 2.05) is 48.5 Å². The number of hydrogen-bond donors (Lipinski definition) is 7. The van der Waals surface area contributed by atoms with Gasteiger partial charge in [-0.05, 0) is 64.1 Å². The molecule has 0 saturated carbocycles. The molecule has 0 amide bonds. The molecule has 0 spiro atoms. The van der Waals surface area contributed by atoms with E-state index in [2.05, 4.69) is 128 Å². The van der Waals surface area contributed by atoms with Crippen molar-refractivity contribution in [3.8, 4) is 22.5 Å². The van der Waals surface area contributed by atoms with Gasteiger partial charge in [-0.2, -0.15) is 0 Å². The number of aromatic amines is 2. The summed E-state index contributed by atoms with van der Waals surface area (Å²) in [6.45, 7) is 19.4. The summed E-state index contributed by atoms with van der Waals surface area (Å²) in [5.41, 5.74) is 10.6. The van der Waals surface area contributed by atoms with Crippen LogP contribution in [0.1, 0.15) is 35.6 Å². The zero-order valence-electron chi connectivity index (χ0n) is 46.4. The highest BCUT2D eigenvalue weighted by atomic mass is 35.5. The monoisotopic (exact) mass is 1140 g/mol. The fraction of sp³-hybridized carbons (Fsp3) is 0.410. The van der Waals surface area contributed by atoms with Crippen molar-refractivity contribution in [2.75, 3.05) is 136 Å². The van der Waals surface area contributed by atoms with E-state index in [1.54, 1.807) is 12.7 Å². The molecule has 2 saturated heterocycles. The summed E-state index contributed by atoms with van der Waals surface area (Å²) in [5, 5.41) is 30.6. The Morgan fingerprint density at radius 3 is 1.40 bits per heavy atom. The minimum Gasteiger partial charge on any atom is -0.394 e. The van der Waals surface area contributed by atoms with Crippen LogP contribution >= 0.6 is 23.2 Å². The third-order valence-electron chi connectivity index (χ3n) is 13.8. The van der Waals surface area contributed by atoms with Crippen LogP contribution in [0.25, 0.3) is 44.6 Å². The van der Waals surface area contributed by atoms with Gasteiger partial charge in [0.1, 0.15) is 35.6 Å². The highest BCUT2D eigenvalue weighted by Gasteiger charge is 2.18. The lowest BCUT2D eigenvalue weighted by molar-refractivity contribution is 0.0214. The first-order valence-corrected chi connectivity index (χ1v) is 28.8. The standard InChI is InChI=1S/C30H37ClN6O3.C24H25ClN6.C7H16O3/c31-27-4-2-1-3-25(27)20-32-29-26-19-28(35-30(26)34-22-33-29)24-7-5-23(6-8-24)21-37-11-9-36(10-12-37)13-15-39-17-18-40-16-14-38;25-21-4-2-1-3-19(21)14-27-23-20-13-22(30-24(20)29-16-28-23)18-7-5-17(6-8-18)15-31-11-9-26-10-12-31;1-2-4-9-6-7-10-5-3-8/h1-8,19,22,38H,9-18,20-21H2,(H2,32,33,34,35);1-8,13,16,26H,9-12,14-15H2,(H2,27,28,29,30);8H,2-7H2,1H3. The zero-order chi connectivity index (χ0) is 56.3. The molecule has 7 N–H and O–H groups in total. The molecule has 0 bridgehead atoms. The van der Waals surface area contributed by atoms with Crippen molar-refractivity contribution in [3.05, 3.63) is 154 Å². The Balaban J connectivity index is 0.000000186. The van der Waals surface area contributed by atoms with Gasteiger partial charge >= 0.3 is 0 Å². The summed E-state index contributed by atoms with van der Waals surface area (Å²) in [6.07, 6.45) is 4.19. The van der Waals surface area contributed by atoms with Crippen LogP contribution in [-0.2, 0) is 45.1 Å². The fourth-order valence-electron chi connectivity index (χ4n) is 9.36. The molecule has 0 radical (unpaired) electrons. The molecule has 8 aromatic rings. The number of aromatic nitrogens is 6.